The third kappa shape index (κ3) is 2.93. The van der Waals surface area contributed by atoms with Crippen LogP contribution in [0, 0.1) is 0 Å². The van der Waals surface area contributed by atoms with E-state index in [0.717, 1.165) is 39.1 Å². The second kappa shape index (κ2) is 4.94. The molecule has 1 atom stereocenters. The summed E-state index contributed by atoms with van der Waals surface area (Å²) in [6.07, 6.45) is 5.57. The minimum atomic E-state index is 0.384. The molecule has 1 N–H and O–H groups in total. The van der Waals surface area contributed by atoms with Crippen molar-refractivity contribution >= 4 is 0 Å². The molecule has 0 aromatic rings. The first-order valence-electron chi connectivity index (χ1n) is 5.39. The van der Waals surface area contributed by atoms with E-state index in [2.05, 4.69) is 5.32 Å². The van der Waals surface area contributed by atoms with Crippen LogP contribution in [0.5, 0.6) is 0 Å². The first kappa shape index (κ1) is 9.44. The second-order valence-corrected chi connectivity index (χ2v) is 3.92. The summed E-state index contributed by atoms with van der Waals surface area (Å²) in [5.74, 6) is 0. The number of ether oxygens (including phenoxy) is 2. The Morgan fingerprint density at radius 3 is 2.77 bits per heavy atom. The van der Waals surface area contributed by atoms with Crippen LogP contribution in [0.15, 0.2) is 0 Å². The predicted octanol–water partition coefficient (Wildman–Crippen LogP) is 0.934. The molecule has 3 nitrogen and oxygen atoms in total. The van der Waals surface area contributed by atoms with Gasteiger partial charge in [-0.2, -0.15) is 0 Å². The van der Waals surface area contributed by atoms with Crippen LogP contribution in [0.25, 0.3) is 0 Å². The largest absolute Gasteiger partial charge is 0.376 e. The first-order valence-corrected chi connectivity index (χ1v) is 5.39. The van der Waals surface area contributed by atoms with Crippen molar-refractivity contribution < 1.29 is 9.47 Å². The van der Waals surface area contributed by atoms with Gasteiger partial charge in [0.15, 0.2) is 0 Å². The monoisotopic (exact) mass is 185 g/mol. The van der Waals surface area contributed by atoms with Crippen molar-refractivity contribution in [3.8, 4) is 0 Å². The Labute approximate surface area is 79.8 Å². The Hall–Kier alpha value is -0.120. The molecule has 2 aliphatic rings. The van der Waals surface area contributed by atoms with Crippen LogP contribution in [0.4, 0.5) is 0 Å². The molecule has 13 heavy (non-hydrogen) atoms. The zero-order valence-electron chi connectivity index (χ0n) is 8.13. The highest BCUT2D eigenvalue weighted by molar-refractivity contribution is 4.70. The van der Waals surface area contributed by atoms with E-state index in [9.17, 15) is 0 Å². The Bertz CT molecular complexity index is 140. The molecule has 2 aliphatic heterocycles. The van der Waals surface area contributed by atoms with Gasteiger partial charge in [-0.25, -0.2) is 0 Å². The molecule has 0 aromatic carbocycles. The summed E-state index contributed by atoms with van der Waals surface area (Å²) in [5, 5.41) is 3.33. The molecular weight excluding hydrogens is 166 g/mol. The van der Waals surface area contributed by atoms with E-state index in [1.54, 1.807) is 0 Å². The molecule has 2 rings (SSSR count). The molecule has 0 aliphatic carbocycles. The van der Waals surface area contributed by atoms with E-state index in [1.807, 2.05) is 0 Å². The maximum atomic E-state index is 5.80. The van der Waals surface area contributed by atoms with Crippen LogP contribution in [0.1, 0.15) is 25.7 Å². The zero-order valence-corrected chi connectivity index (χ0v) is 8.13. The number of piperidine rings is 1. The number of hydrogen-bond donors (Lipinski definition) is 1. The van der Waals surface area contributed by atoms with E-state index >= 15 is 0 Å². The van der Waals surface area contributed by atoms with Crippen LogP contribution in [-0.2, 0) is 9.47 Å². The van der Waals surface area contributed by atoms with Crippen molar-refractivity contribution in [2.24, 2.45) is 0 Å². The van der Waals surface area contributed by atoms with Gasteiger partial charge in [0.05, 0.1) is 18.8 Å². The molecule has 2 fully saturated rings. The molecule has 2 heterocycles. The van der Waals surface area contributed by atoms with Gasteiger partial charge >= 0.3 is 0 Å². The maximum Gasteiger partial charge on any atom is 0.0809 e. The van der Waals surface area contributed by atoms with Gasteiger partial charge in [-0.15, -0.1) is 0 Å². The van der Waals surface area contributed by atoms with Gasteiger partial charge < -0.3 is 14.8 Å². The molecule has 3 heteroatoms. The average molecular weight is 185 g/mol. The molecule has 76 valence electrons. The highest BCUT2D eigenvalue weighted by Gasteiger charge is 2.19. The van der Waals surface area contributed by atoms with Crippen LogP contribution in [0.2, 0.25) is 0 Å². The summed E-state index contributed by atoms with van der Waals surface area (Å²) in [4.78, 5) is 0. The summed E-state index contributed by atoms with van der Waals surface area (Å²) in [6, 6.07) is 0. The molecule has 1 unspecified atom stereocenters. The van der Waals surface area contributed by atoms with E-state index in [-0.39, 0.29) is 0 Å². The van der Waals surface area contributed by atoms with Crippen molar-refractivity contribution in [2.75, 3.05) is 26.3 Å². The molecule has 0 spiro atoms. The SMILES string of the molecule is C1COC(COC2CCNCC2)C1. The molecule has 0 aromatic heterocycles. The Morgan fingerprint density at radius 1 is 1.23 bits per heavy atom. The fourth-order valence-electron chi connectivity index (χ4n) is 1.98. The Kier molecular flexibility index (Phi) is 3.58. The molecule has 0 radical (unpaired) electrons. The van der Waals surface area contributed by atoms with E-state index in [4.69, 9.17) is 9.47 Å². The summed E-state index contributed by atoms with van der Waals surface area (Å²) < 4.78 is 11.3. The molecule has 0 saturated carbocycles. The molecule has 0 bridgehead atoms. The minimum absolute atomic E-state index is 0.384. The lowest BCUT2D eigenvalue weighted by Crippen LogP contribution is -2.34. The number of nitrogens with one attached hydrogen (secondary N) is 1. The van der Waals surface area contributed by atoms with Crippen LogP contribution >= 0.6 is 0 Å². The van der Waals surface area contributed by atoms with Gasteiger partial charge in [-0.05, 0) is 38.8 Å². The highest BCUT2D eigenvalue weighted by atomic mass is 16.5. The lowest BCUT2D eigenvalue weighted by atomic mass is 10.1. The van der Waals surface area contributed by atoms with Gasteiger partial charge in [0.25, 0.3) is 0 Å². The van der Waals surface area contributed by atoms with E-state index in [1.165, 1.54) is 12.8 Å². The first-order chi connectivity index (χ1) is 6.45. The summed E-state index contributed by atoms with van der Waals surface area (Å²) in [5.41, 5.74) is 0. The lowest BCUT2D eigenvalue weighted by Gasteiger charge is -2.24. The lowest BCUT2D eigenvalue weighted by molar-refractivity contribution is -0.0300. The maximum absolute atomic E-state index is 5.80. The molecule has 0 amide bonds. The topological polar surface area (TPSA) is 30.5 Å². The quantitative estimate of drug-likeness (QED) is 0.709. The fourth-order valence-corrected chi connectivity index (χ4v) is 1.98. The van der Waals surface area contributed by atoms with Gasteiger partial charge in [0.2, 0.25) is 0 Å². The van der Waals surface area contributed by atoms with E-state index in [0.29, 0.717) is 12.2 Å². The van der Waals surface area contributed by atoms with Crippen molar-refractivity contribution in [3.63, 3.8) is 0 Å². The summed E-state index contributed by atoms with van der Waals surface area (Å²) in [6.45, 7) is 3.96. The van der Waals surface area contributed by atoms with Gasteiger partial charge in [-0.3, -0.25) is 0 Å². The molecule has 2 saturated heterocycles. The summed E-state index contributed by atoms with van der Waals surface area (Å²) in [7, 11) is 0. The van der Waals surface area contributed by atoms with Crippen LogP contribution < -0.4 is 5.32 Å². The average Bonchev–Trinajstić information content (AvgIpc) is 2.69. The second-order valence-electron chi connectivity index (χ2n) is 3.92. The van der Waals surface area contributed by atoms with E-state index < -0.39 is 0 Å². The zero-order chi connectivity index (χ0) is 8.93. The smallest absolute Gasteiger partial charge is 0.0809 e. The van der Waals surface area contributed by atoms with Gasteiger partial charge in [-0.1, -0.05) is 0 Å². The van der Waals surface area contributed by atoms with Crippen molar-refractivity contribution in [1.82, 2.24) is 5.32 Å². The number of rotatable bonds is 3. The van der Waals surface area contributed by atoms with Gasteiger partial charge in [0, 0.05) is 6.61 Å². The van der Waals surface area contributed by atoms with Crippen molar-refractivity contribution in [3.05, 3.63) is 0 Å². The molecular formula is C10H19NO2. The third-order valence-corrected chi connectivity index (χ3v) is 2.83. The minimum Gasteiger partial charge on any atom is -0.376 e. The van der Waals surface area contributed by atoms with Crippen molar-refractivity contribution in [1.29, 1.82) is 0 Å². The summed E-state index contributed by atoms with van der Waals surface area (Å²) >= 11 is 0. The van der Waals surface area contributed by atoms with Gasteiger partial charge in [0.1, 0.15) is 0 Å². The third-order valence-electron chi connectivity index (χ3n) is 2.83. The normalized spacial score (nSPS) is 30.9. The highest BCUT2D eigenvalue weighted by Crippen LogP contribution is 2.15. The number of hydrogen-bond acceptors (Lipinski definition) is 3. The predicted molar refractivity (Wildman–Crippen MR) is 50.8 cm³/mol. The Balaban J connectivity index is 1.60. The Morgan fingerprint density at radius 2 is 2.08 bits per heavy atom. The van der Waals surface area contributed by atoms with Crippen LogP contribution in [-0.4, -0.2) is 38.5 Å². The fraction of sp³-hybridized carbons (Fsp3) is 1.00. The van der Waals surface area contributed by atoms with Crippen LogP contribution in [0.3, 0.4) is 0 Å². The standard InChI is InChI=1S/C10H19NO2/c1-2-10(12-7-1)8-13-9-3-5-11-6-4-9/h9-11H,1-8H2. The van der Waals surface area contributed by atoms with Crippen molar-refractivity contribution in [2.45, 2.75) is 37.9 Å².